The Morgan fingerprint density at radius 3 is 2.50 bits per heavy atom. The van der Waals surface area contributed by atoms with Gasteiger partial charge < -0.3 is 10.6 Å². The average Bonchev–Trinajstić information content (AvgIpc) is 2.59. The van der Waals surface area contributed by atoms with E-state index in [0.29, 0.717) is 0 Å². The van der Waals surface area contributed by atoms with E-state index in [1.165, 1.54) is 16.7 Å². The number of nitrogens with zero attached hydrogens (tertiary/aromatic N) is 2. The van der Waals surface area contributed by atoms with Gasteiger partial charge in [-0.25, -0.2) is 0 Å². The maximum atomic E-state index is 4.27. The largest absolute Gasteiger partial charge is 0.356 e. The summed E-state index contributed by atoms with van der Waals surface area (Å²) >= 11 is 0. The summed E-state index contributed by atoms with van der Waals surface area (Å²) in [7, 11) is 1.81. The third-order valence-corrected chi connectivity index (χ3v) is 3.82. The minimum absolute atomic E-state index is 0. The molecule has 2 N–H and O–H groups in total. The topological polar surface area (TPSA) is 49.3 Å². The number of aromatic nitrogens is 1. The third-order valence-electron chi connectivity index (χ3n) is 3.82. The fourth-order valence-electron chi connectivity index (χ4n) is 2.46. The van der Waals surface area contributed by atoms with Gasteiger partial charge in [0.1, 0.15) is 0 Å². The van der Waals surface area contributed by atoms with Crippen LogP contribution < -0.4 is 10.6 Å². The lowest BCUT2D eigenvalue weighted by atomic mass is 10.1. The van der Waals surface area contributed by atoms with Crippen molar-refractivity contribution in [2.45, 2.75) is 26.2 Å². The van der Waals surface area contributed by atoms with Crippen LogP contribution in [0.2, 0.25) is 0 Å². The molecule has 0 amide bonds. The lowest BCUT2D eigenvalue weighted by Crippen LogP contribution is -2.38. The molecule has 1 aromatic heterocycles. The molecule has 0 atom stereocenters. The van der Waals surface area contributed by atoms with Crippen molar-refractivity contribution in [1.82, 2.24) is 15.6 Å². The normalized spacial score (nSPS) is 10.8. The van der Waals surface area contributed by atoms with Crippen LogP contribution in [0.25, 0.3) is 0 Å². The summed E-state index contributed by atoms with van der Waals surface area (Å²) in [4.78, 5) is 8.39. The Morgan fingerprint density at radius 1 is 1.04 bits per heavy atom. The van der Waals surface area contributed by atoms with Gasteiger partial charge in [0, 0.05) is 32.5 Å². The molecule has 0 saturated heterocycles. The number of hydrogen-bond acceptors (Lipinski definition) is 2. The Bertz CT molecular complexity index is 614. The second-order valence-corrected chi connectivity index (χ2v) is 5.57. The predicted octanol–water partition coefficient (Wildman–Crippen LogP) is 3.35. The molecule has 5 heteroatoms. The fraction of sp³-hybridized carbons (Fsp3) is 0.368. The van der Waals surface area contributed by atoms with Crippen molar-refractivity contribution in [3.63, 3.8) is 0 Å². The molecule has 0 aliphatic rings. The summed E-state index contributed by atoms with van der Waals surface area (Å²) in [5.74, 6) is 0.866. The molecule has 1 heterocycles. The zero-order valence-electron chi connectivity index (χ0n) is 14.5. The van der Waals surface area contributed by atoms with Gasteiger partial charge >= 0.3 is 0 Å². The van der Waals surface area contributed by atoms with Gasteiger partial charge in [0.15, 0.2) is 5.96 Å². The Morgan fingerprint density at radius 2 is 1.79 bits per heavy atom. The van der Waals surface area contributed by atoms with Crippen LogP contribution in [-0.2, 0) is 12.8 Å². The van der Waals surface area contributed by atoms with E-state index in [1.54, 1.807) is 0 Å². The average molecular weight is 438 g/mol. The van der Waals surface area contributed by atoms with Crippen molar-refractivity contribution in [3.8, 4) is 0 Å². The number of halogens is 1. The second kappa shape index (κ2) is 11.8. The highest BCUT2D eigenvalue weighted by atomic mass is 127. The first kappa shape index (κ1) is 20.4. The van der Waals surface area contributed by atoms with Crippen LogP contribution >= 0.6 is 24.0 Å². The number of nitrogens with one attached hydrogen (secondary N) is 2. The molecule has 0 unspecified atom stereocenters. The van der Waals surface area contributed by atoms with Gasteiger partial charge in [-0.15, -0.1) is 24.0 Å². The summed E-state index contributed by atoms with van der Waals surface area (Å²) in [5, 5.41) is 6.73. The molecule has 0 saturated carbocycles. The molecule has 0 bridgehead atoms. The molecule has 0 spiro atoms. The minimum Gasteiger partial charge on any atom is -0.356 e. The van der Waals surface area contributed by atoms with Crippen LogP contribution in [0.5, 0.6) is 0 Å². The van der Waals surface area contributed by atoms with Crippen molar-refractivity contribution >= 4 is 29.9 Å². The van der Waals surface area contributed by atoms with Crippen LogP contribution in [-0.4, -0.2) is 31.1 Å². The molecule has 130 valence electrons. The number of aliphatic imine (C=N–C) groups is 1. The Balaban J connectivity index is 0.00000288. The monoisotopic (exact) mass is 438 g/mol. The fourth-order valence-corrected chi connectivity index (χ4v) is 2.46. The maximum absolute atomic E-state index is 4.27. The van der Waals surface area contributed by atoms with E-state index in [-0.39, 0.29) is 24.0 Å². The van der Waals surface area contributed by atoms with E-state index in [0.717, 1.165) is 38.3 Å². The van der Waals surface area contributed by atoms with Gasteiger partial charge in [-0.1, -0.05) is 30.3 Å². The molecular weight excluding hydrogens is 411 g/mol. The lowest BCUT2D eigenvalue weighted by Gasteiger charge is -2.12. The number of aryl methyl sites for hydroxylation is 2. The van der Waals surface area contributed by atoms with Gasteiger partial charge in [-0.2, -0.15) is 0 Å². The predicted molar refractivity (Wildman–Crippen MR) is 112 cm³/mol. The zero-order valence-corrected chi connectivity index (χ0v) is 16.8. The summed E-state index contributed by atoms with van der Waals surface area (Å²) in [5.41, 5.74) is 3.94. The highest BCUT2D eigenvalue weighted by Crippen LogP contribution is 2.05. The Labute approximate surface area is 162 Å². The van der Waals surface area contributed by atoms with Crippen LogP contribution in [0.15, 0.2) is 53.8 Å². The zero-order chi connectivity index (χ0) is 16.3. The van der Waals surface area contributed by atoms with E-state index in [9.17, 15) is 0 Å². The number of hydrogen-bond donors (Lipinski definition) is 2. The van der Waals surface area contributed by atoms with Crippen molar-refractivity contribution in [1.29, 1.82) is 0 Å². The summed E-state index contributed by atoms with van der Waals surface area (Å²) in [6, 6.07) is 12.6. The molecular formula is C19H27IN4. The second-order valence-electron chi connectivity index (χ2n) is 5.57. The molecule has 1 aromatic carbocycles. The van der Waals surface area contributed by atoms with Gasteiger partial charge in [-0.05, 0) is 48.9 Å². The molecule has 2 rings (SSSR count). The van der Waals surface area contributed by atoms with Crippen molar-refractivity contribution < 1.29 is 0 Å². The smallest absolute Gasteiger partial charge is 0.190 e. The first-order chi connectivity index (χ1) is 11.3. The molecule has 0 radical (unpaired) electrons. The van der Waals surface area contributed by atoms with Crippen LogP contribution in [0.1, 0.15) is 23.1 Å². The molecule has 4 nitrogen and oxygen atoms in total. The van der Waals surface area contributed by atoms with Crippen molar-refractivity contribution in [3.05, 3.63) is 65.5 Å². The van der Waals surface area contributed by atoms with Crippen molar-refractivity contribution in [2.75, 3.05) is 20.1 Å². The van der Waals surface area contributed by atoms with Crippen LogP contribution in [0.4, 0.5) is 0 Å². The van der Waals surface area contributed by atoms with E-state index < -0.39 is 0 Å². The maximum Gasteiger partial charge on any atom is 0.190 e. The number of benzene rings is 1. The summed E-state index contributed by atoms with van der Waals surface area (Å²) in [6.07, 6.45) is 6.90. The van der Waals surface area contributed by atoms with E-state index >= 15 is 0 Å². The quantitative estimate of drug-likeness (QED) is 0.302. The first-order valence-corrected chi connectivity index (χ1v) is 8.17. The molecule has 0 aliphatic heterocycles. The van der Waals surface area contributed by atoms with E-state index in [4.69, 9.17) is 0 Å². The standard InChI is InChI=1S/C19H26N4.HI/c1-16-15-21-13-10-18(16)11-14-23-19(20-2)22-12-6-9-17-7-4-3-5-8-17;/h3-5,7-8,10,13,15H,6,9,11-12,14H2,1-2H3,(H2,20,22,23);1H. The van der Waals surface area contributed by atoms with E-state index in [2.05, 4.69) is 63.9 Å². The van der Waals surface area contributed by atoms with Crippen LogP contribution in [0, 0.1) is 6.92 Å². The molecule has 0 aliphatic carbocycles. The van der Waals surface area contributed by atoms with Gasteiger partial charge in [0.2, 0.25) is 0 Å². The molecule has 0 fully saturated rings. The van der Waals surface area contributed by atoms with Crippen molar-refractivity contribution in [2.24, 2.45) is 4.99 Å². The summed E-state index contributed by atoms with van der Waals surface area (Å²) in [6.45, 7) is 3.88. The highest BCUT2D eigenvalue weighted by molar-refractivity contribution is 14.0. The lowest BCUT2D eigenvalue weighted by molar-refractivity contribution is 0.738. The Hall–Kier alpha value is -1.63. The number of pyridine rings is 1. The molecule has 2 aromatic rings. The Kier molecular flexibility index (Phi) is 10.1. The molecule has 24 heavy (non-hydrogen) atoms. The van der Waals surface area contributed by atoms with Gasteiger partial charge in [0.05, 0.1) is 0 Å². The first-order valence-electron chi connectivity index (χ1n) is 8.17. The van der Waals surface area contributed by atoms with Crippen LogP contribution in [0.3, 0.4) is 0 Å². The number of rotatable bonds is 7. The highest BCUT2D eigenvalue weighted by Gasteiger charge is 2.00. The SMILES string of the molecule is CN=C(NCCCc1ccccc1)NCCc1ccncc1C.I. The summed E-state index contributed by atoms with van der Waals surface area (Å²) < 4.78 is 0. The van der Waals surface area contributed by atoms with Gasteiger partial charge in [-0.3, -0.25) is 9.98 Å². The minimum atomic E-state index is 0. The number of guanidine groups is 1. The van der Waals surface area contributed by atoms with E-state index in [1.807, 2.05) is 19.4 Å². The third kappa shape index (κ3) is 7.29. The van der Waals surface area contributed by atoms with Gasteiger partial charge in [0.25, 0.3) is 0 Å².